The van der Waals surface area contributed by atoms with Crippen LogP contribution in [0.2, 0.25) is 0 Å². The summed E-state index contributed by atoms with van der Waals surface area (Å²) in [5.41, 5.74) is 0.755. The van der Waals surface area contributed by atoms with Gasteiger partial charge >= 0.3 is 5.97 Å². The second-order valence-electron chi connectivity index (χ2n) is 3.89. The highest BCUT2D eigenvalue weighted by atomic mass is 16.5. The van der Waals surface area contributed by atoms with E-state index in [0.717, 1.165) is 5.69 Å². The van der Waals surface area contributed by atoms with Crippen LogP contribution in [0, 0.1) is 0 Å². The summed E-state index contributed by atoms with van der Waals surface area (Å²) in [6.07, 6.45) is 1.61. The molecule has 0 radical (unpaired) electrons. The minimum Gasteiger partial charge on any atom is -0.423 e. The highest BCUT2D eigenvalue weighted by Crippen LogP contribution is 2.30. The van der Waals surface area contributed by atoms with E-state index in [1.165, 1.54) is 0 Å². The van der Waals surface area contributed by atoms with Crippen LogP contribution in [0.25, 0.3) is 0 Å². The zero-order chi connectivity index (χ0) is 13.0. The van der Waals surface area contributed by atoms with Gasteiger partial charge in [0, 0.05) is 6.54 Å². The van der Waals surface area contributed by atoms with Gasteiger partial charge in [-0.05, 0) is 12.1 Å². The number of esters is 1. The molecule has 1 aromatic carbocycles. The number of anilines is 1. The molecule has 1 amide bonds. The van der Waals surface area contributed by atoms with Crippen LogP contribution in [0.5, 0.6) is 5.75 Å². The summed E-state index contributed by atoms with van der Waals surface area (Å²) < 4.78 is 5.10. The standard InChI is InChI=1S/C13H14N2O3/c1-2-7-14-12(16)8-15-9-13(17)18-11-6-4-3-5-10(11)15/h2-6H,1,7-9H2,(H,14,16). The van der Waals surface area contributed by atoms with Crippen LogP contribution in [-0.4, -0.2) is 31.5 Å². The van der Waals surface area contributed by atoms with Crippen molar-refractivity contribution < 1.29 is 14.3 Å². The number of amides is 1. The molecule has 1 N–H and O–H groups in total. The SMILES string of the molecule is C=CCNC(=O)CN1CC(=O)Oc2ccccc21. The van der Waals surface area contributed by atoms with E-state index in [9.17, 15) is 9.59 Å². The number of carbonyl (C=O) groups is 2. The number of hydrogen-bond acceptors (Lipinski definition) is 4. The van der Waals surface area contributed by atoms with Crippen molar-refractivity contribution in [1.82, 2.24) is 5.32 Å². The topological polar surface area (TPSA) is 58.6 Å². The van der Waals surface area contributed by atoms with Gasteiger partial charge in [0.2, 0.25) is 5.91 Å². The third-order valence-electron chi connectivity index (χ3n) is 2.53. The largest absolute Gasteiger partial charge is 0.423 e. The van der Waals surface area contributed by atoms with E-state index in [1.54, 1.807) is 23.1 Å². The quantitative estimate of drug-likeness (QED) is 0.483. The van der Waals surface area contributed by atoms with Crippen molar-refractivity contribution in [1.29, 1.82) is 0 Å². The van der Waals surface area contributed by atoms with E-state index in [-0.39, 0.29) is 25.0 Å². The van der Waals surface area contributed by atoms with Crippen molar-refractivity contribution in [2.45, 2.75) is 0 Å². The molecule has 0 atom stereocenters. The number of carbonyl (C=O) groups excluding carboxylic acids is 2. The third-order valence-corrected chi connectivity index (χ3v) is 2.53. The molecule has 2 rings (SSSR count). The molecule has 1 aliphatic heterocycles. The average Bonchev–Trinajstić information content (AvgIpc) is 2.36. The number of benzene rings is 1. The van der Waals surface area contributed by atoms with E-state index in [1.807, 2.05) is 12.1 Å². The van der Waals surface area contributed by atoms with Crippen LogP contribution < -0.4 is 15.0 Å². The third kappa shape index (κ3) is 2.68. The van der Waals surface area contributed by atoms with E-state index in [0.29, 0.717) is 12.3 Å². The second kappa shape index (κ2) is 5.35. The monoisotopic (exact) mass is 246 g/mol. The highest BCUT2D eigenvalue weighted by Gasteiger charge is 2.24. The Morgan fingerprint density at radius 2 is 2.28 bits per heavy atom. The minimum absolute atomic E-state index is 0.0819. The normalized spacial score (nSPS) is 13.6. The number of para-hydroxylation sites is 2. The summed E-state index contributed by atoms with van der Waals surface area (Å²) in [6, 6.07) is 7.16. The van der Waals surface area contributed by atoms with Crippen molar-refractivity contribution in [2.24, 2.45) is 0 Å². The number of hydrogen-bond donors (Lipinski definition) is 1. The number of fused-ring (bicyclic) bond motifs is 1. The zero-order valence-electron chi connectivity index (χ0n) is 9.89. The van der Waals surface area contributed by atoms with Crippen molar-refractivity contribution in [2.75, 3.05) is 24.5 Å². The minimum atomic E-state index is -0.356. The molecule has 5 heteroatoms. The van der Waals surface area contributed by atoms with Crippen LogP contribution >= 0.6 is 0 Å². The lowest BCUT2D eigenvalue weighted by molar-refractivity contribution is -0.133. The van der Waals surface area contributed by atoms with Crippen LogP contribution in [0.4, 0.5) is 5.69 Å². The van der Waals surface area contributed by atoms with Crippen LogP contribution in [0.1, 0.15) is 0 Å². The lowest BCUT2D eigenvalue weighted by Crippen LogP contribution is -2.43. The van der Waals surface area contributed by atoms with Gasteiger partial charge in [-0.3, -0.25) is 4.79 Å². The molecule has 0 aromatic heterocycles. The molecule has 18 heavy (non-hydrogen) atoms. The first-order valence-electron chi connectivity index (χ1n) is 5.63. The Balaban J connectivity index is 2.11. The number of ether oxygens (including phenoxy) is 1. The van der Waals surface area contributed by atoms with Crippen LogP contribution in [0.15, 0.2) is 36.9 Å². The molecule has 0 spiro atoms. The maximum atomic E-state index is 11.6. The first-order chi connectivity index (χ1) is 8.70. The van der Waals surface area contributed by atoms with E-state index >= 15 is 0 Å². The summed E-state index contributed by atoms with van der Waals surface area (Å²) in [7, 11) is 0. The molecular weight excluding hydrogens is 232 g/mol. The Morgan fingerprint density at radius 1 is 1.50 bits per heavy atom. The Labute approximate surface area is 105 Å². The molecule has 0 saturated carbocycles. The predicted molar refractivity (Wildman–Crippen MR) is 67.5 cm³/mol. The van der Waals surface area contributed by atoms with E-state index in [4.69, 9.17) is 4.74 Å². The fourth-order valence-electron chi connectivity index (χ4n) is 1.76. The van der Waals surface area contributed by atoms with E-state index < -0.39 is 0 Å². The first kappa shape index (κ1) is 12.2. The lowest BCUT2D eigenvalue weighted by Gasteiger charge is -2.28. The van der Waals surface area contributed by atoms with Gasteiger partial charge in [0.15, 0.2) is 5.75 Å². The van der Waals surface area contributed by atoms with Gasteiger partial charge in [0.1, 0.15) is 6.54 Å². The zero-order valence-corrected chi connectivity index (χ0v) is 9.89. The Kier molecular flexibility index (Phi) is 3.62. The summed E-state index contributed by atoms with van der Waals surface area (Å²) in [5.74, 6) is -0.0186. The Hall–Kier alpha value is -2.30. The maximum Gasteiger partial charge on any atom is 0.331 e. The Morgan fingerprint density at radius 3 is 3.06 bits per heavy atom. The first-order valence-corrected chi connectivity index (χ1v) is 5.63. The van der Waals surface area contributed by atoms with Gasteiger partial charge in [-0.15, -0.1) is 6.58 Å². The fourth-order valence-corrected chi connectivity index (χ4v) is 1.76. The van der Waals surface area contributed by atoms with Crippen molar-refractivity contribution >= 4 is 17.6 Å². The van der Waals surface area contributed by atoms with Gasteiger partial charge < -0.3 is 15.0 Å². The summed E-state index contributed by atoms with van der Waals surface area (Å²) in [5, 5.41) is 2.67. The molecule has 0 saturated heterocycles. The molecule has 5 nitrogen and oxygen atoms in total. The summed E-state index contributed by atoms with van der Waals surface area (Å²) in [6.45, 7) is 4.15. The van der Waals surface area contributed by atoms with Gasteiger partial charge in [-0.1, -0.05) is 18.2 Å². The van der Waals surface area contributed by atoms with Gasteiger partial charge in [0.05, 0.1) is 12.2 Å². The molecule has 0 aliphatic carbocycles. The summed E-state index contributed by atoms with van der Waals surface area (Å²) in [4.78, 5) is 24.7. The van der Waals surface area contributed by atoms with Crippen molar-refractivity contribution in [3.63, 3.8) is 0 Å². The van der Waals surface area contributed by atoms with E-state index in [2.05, 4.69) is 11.9 Å². The molecule has 0 fully saturated rings. The fraction of sp³-hybridized carbons (Fsp3) is 0.231. The molecule has 1 aromatic rings. The molecule has 1 aliphatic rings. The van der Waals surface area contributed by atoms with Crippen LogP contribution in [0.3, 0.4) is 0 Å². The predicted octanol–water partition coefficient (Wildman–Crippen LogP) is 0.714. The second-order valence-corrected chi connectivity index (χ2v) is 3.89. The Bertz CT molecular complexity index is 485. The summed E-state index contributed by atoms with van der Waals surface area (Å²) >= 11 is 0. The van der Waals surface area contributed by atoms with Gasteiger partial charge in [0.25, 0.3) is 0 Å². The number of nitrogens with zero attached hydrogens (tertiary/aromatic N) is 1. The maximum absolute atomic E-state index is 11.6. The molecule has 1 heterocycles. The number of nitrogens with one attached hydrogen (secondary N) is 1. The molecular formula is C13H14N2O3. The van der Waals surface area contributed by atoms with Crippen molar-refractivity contribution in [3.8, 4) is 5.75 Å². The molecule has 94 valence electrons. The number of rotatable bonds is 4. The van der Waals surface area contributed by atoms with Gasteiger partial charge in [-0.2, -0.15) is 0 Å². The molecule has 0 bridgehead atoms. The molecule has 0 unspecified atom stereocenters. The average molecular weight is 246 g/mol. The lowest BCUT2D eigenvalue weighted by atomic mass is 10.2. The van der Waals surface area contributed by atoms with Crippen molar-refractivity contribution in [3.05, 3.63) is 36.9 Å². The van der Waals surface area contributed by atoms with Crippen LogP contribution in [-0.2, 0) is 9.59 Å². The smallest absolute Gasteiger partial charge is 0.331 e. The van der Waals surface area contributed by atoms with Gasteiger partial charge in [-0.25, -0.2) is 4.79 Å². The highest BCUT2D eigenvalue weighted by molar-refractivity contribution is 5.89.